The Balaban J connectivity index is 4.01. The van der Waals surface area contributed by atoms with E-state index in [1.807, 2.05) is 6.92 Å². The van der Waals surface area contributed by atoms with Gasteiger partial charge in [-0.15, -0.1) is 0 Å². The van der Waals surface area contributed by atoms with Crippen molar-refractivity contribution in [2.75, 3.05) is 19.6 Å². The second-order valence-electron chi connectivity index (χ2n) is 4.80. The first kappa shape index (κ1) is 15.4. The van der Waals surface area contributed by atoms with Crippen LogP contribution in [0.5, 0.6) is 0 Å². The van der Waals surface area contributed by atoms with Gasteiger partial charge in [0.2, 0.25) is 0 Å². The van der Waals surface area contributed by atoms with Crippen LogP contribution >= 0.6 is 0 Å². The topological polar surface area (TPSA) is 27.0 Å². The second-order valence-corrected chi connectivity index (χ2v) is 4.80. The normalized spacial score (nSPS) is 14.8. The second kappa shape index (κ2) is 9.66. The van der Waals surface area contributed by atoms with Crippen LogP contribution in [0.1, 0.15) is 53.4 Å². The average molecular weight is 224 g/mol. The quantitative estimate of drug-likeness (QED) is 0.597. The summed E-state index contributed by atoms with van der Waals surface area (Å²) in [4.78, 5) is 2.43. The van der Waals surface area contributed by atoms with Crippen molar-refractivity contribution in [2.45, 2.75) is 53.4 Å². The molecule has 0 saturated carbocycles. The summed E-state index contributed by atoms with van der Waals surface area (Å²) < 4.78 is 0. The highest BCUT2D eigenvalue weighted by atomic mass is 15.1. The fourth-order valence-corrected chi connectivity index (χ4v) is 2.04. The molecule has 0 spiro atoms. The van der Waals surface area contributed by atoms with Gasteiger partial charge < -0.3 is 4.90 Å². The number of unbranched alkanes of at least 4 members (excludes halogenated alkanes) is 1. The SMILES string of the molecule is CCCCC(CC)CN(CC)CC(C)C#N. The summed E-state index contributed by atoms with van der Waals surface area (Å²) in [5.74, 6) is 0.967. The summed E-state index contributed by atoms with van der Waals surface area (Å²) in [5.41, 5.74) is 0. The number of nitrogens with zero attached hydrogens (tertiary/aromatic N) is 2. The molecule has 0 N–H and O–H groups in total. The number of rotatable bonds is 9. The molecule has 0 amide bonds. The lowest BCUT2D eigenvalue weighted by molar-refractivity contribution is 0.215. The first-order valence-electron chi connectivity index (χ1n) is 6.79. The lowest BCUT2D eigenvalue weighted by atomic mass is 9.98. The van der Waals surface area contributed by atoms with Crippen molar-refractivity contribution in [1.29, 1.82) is 5.26 Å². The van der Waals surface area contributed by atoms with Crippen LogP contribution in [0.4, 0.5) is 0 Å². The van der Waals surface area contributed by atoms with Crippen LogP contribution < -0.4 is 0 Å². The molecular weight excluding hydrogens is 196 g/mol. The summed E-state index contributed by atoms with van der Waals surface area (Å²) in [7, 11) is 0. The van der Waals surface area contributed by atoms with Crippen molar-refractivity contribution in [3.05, 3.63) is 0 Å². The first-order valence-corrected chi connectivity index (χ1v) is 6.79. The van der Waals surface area contributed by atoms with Crippen molar-refractivity contribution >= 4 is 0 Å². The van der Waals surface area contributed by atoms with Gasteiger partial charge >= 0.3 is 0 Å². The van der Waals surface area contributed by atoms with E-state index in [0.717, 1.165) is 19.0 Å². The Morgan fingerprint density at radius 1 is 1.19 bits per heavy atom. The maximum atomic E-state index is 8.84. The highest BCUT2D eigenvalue weighted by molar-refractivity contribution is 4.81. The number of nitriles is 1. The van der Waals surface area contributed by atoms with Crippen LogP contribution in [0.25, 0.3) is 0 Å². The molecule has 0 rings (SSSR count). The molecule has 2 unspecified atom stereocenters. The molecule has 0 heterocycles. The van der Waals surface area contributed by atoms with Gasteiger partial charge in [0, 0.05) is 13.1 Å². The lowest BCUT2D eigenvalue weighted by Gasteiger charge is -2.26. The summed E-state index contributed by atoms with van der Waals surface area (Å²) in [6.07, 6.45) is 5.23. The molecule has 2 nitrogen and oxygen atoms in total. The minimum Gasteiger partial charge on any atom is -0.302 e. The van der Waals surface area contributed by atoms with E-state index in [1.54, 1.807) is 0 Å². The molecule has 2 atom stereocenters. The van der Waals surface area contributed by atoms with Crippen LogP contribution in [-0.2, 0) is 0 Å². The minimum absolute atomic E-state index is 0.156. The Bertz CT molecular complexity index is 195. The molecule has 94 valence electrons. The highest BCUT2D eigenvalue weighted by Gasteiger charge is 2.13. The van der Waals surface area contributed by atoms with E-state index in [0.29, 0.717) is 0 Å². The molecule has 2 heteroatoms. The third kappa shape index (κ3) is 6.85. The number of hydrogen-bond acceptors (Lipinski definition) is 2. The van der Waals surface area contributed by atoms with Gasteiger partial charge in [-0.2, -0.15) is 5.26 Å². The fraction of sp³-hybridized carbons (Fsp3) is 0.929. The molecule has 0 aliphatic rings. The van der Waals surface area contributed by atoms with Crippen LogP contribution in [-0.4, -0.2) is 24.5 Å². The molecule has 0 aromatic heterocycles. The predicted molar refractivity (Wildman–Crippen MR) is 70.2 cm³/mol. The zero-order valence-corrected chi connectivity index (χ0v) is 11.5. The van der Waals surface area contributed by atoms with Crippen molar-refractivity contribution in [2.24, 2.45) is 11.8 Å². The minimum atomic E-state index is 0.156. The van der Waals surface area contributed by atoms with E-state index in [9.17, 15) is 0 Å². The zero-order chi connectivity index (χ0) is 12.4. The fourth-order valence-electron chi connectivity index (χ4n) is 2.04. The smallest absolute Gasteiger partial charge is 0.0666 e. The highest BCUT2D eigenvalue weighted by Crippen LogP contribution is 2.15. The Labute approximate surface area is 102 Å². The van der Waals surface area contributed by atoms with Crippen LogP contribution in [0.2, 0.25) is 0 Å². The summed E-state index contributed by atoms with van der Waals surface area (Å²) in [5, 5.41) is 8.84. The Morgan fingerprint density at radius 3 is 2.31 bits per heavy atom. The van der Waals surface area contributed by atoms with Crippen molar-refractivity contribution in [1.82, 2.24) is 4.90 Å². The molecule has 0 radical (unpaired) electrons. The monoisotopic (exact) mass is 224 g/mol. The van der Waals surface area contributed by atoms with Gasteiger partial charge in [0.25, 0.3) is 0 Å². The van der Waals surface area contributed by atoms with E-state index in [4.69, 9.17) is 5.26 Å². The maximum absolute atomic E-state index is 8.84. The third-order valence-electron chi connectivity index (χ3n) is 3.26. The van der Waals surface area contributed by atoms with E-state index >= 15 is 0 Å². The van der Waals surface area contributed by atoms with Gasteiger partial charge in [-0.25, -0.2) is 0 Å². The van der Waals surface area contributed by atoms with Crippen molar-refractivity contribution in [3.63, 3.8) is 0 Å². The predicted octanol–water partition coefficient (Wildman–Crippen LogP) is 3.68. The lowest BCUT2D eigenvalue weighted by Crippen LogP contribution is -2.32. The molecule has 0 saturated heterocycles. The first-order chi connectivity index (χ1) is 7.67. The van der Waals surface area contributed by atoms with Gasteiger partial charge in [0.1, 0.15) is 0 Å². The van der Waals surface area contributed by atoms with Gasteiger partial charge in [-0.1, -0.05) is 40.0 Å². The largest absolute Gasteiger partial charge is 0.302 e. The molecule has 0 aromatic rings. The van der Waals surface area contributed by atoms with Gasteiger partial charge in [-0.05, 0) is 25.8 Å². The van der Waals surface area contributed by atoms with Crippen LogP contribution in [0, 0.1) is 23.2 Å². The summed E-state index contributed by atoms with van der Waals surface area (Å²) in [6, 6.07) is 2.32. The van der Waals surface area contributed by atoms with E-state index in [-0.39, 0.29) is 5.92 Å². The molecule has 0 bridgehead atoms. The Hall–Kier alpha value is -0.550. The Kier molecular flexibility index (Phi) is 9.33. The third-order valence-corrected chi connectivity index (χ3v) is 3.26. The van der Waals surface area contributed by atoms with Gasteiger partial charge in [0.05, 0.1) is 12.0 Å². The zero-order valence-electron chi connectivity index (χ0n) is 11.5. The molecule has 0 aliphatic carbocycles. The summed E-state index contributed by atoms with van der Waals surface area (Å²) in [6.45, 7) is 11.9. The standard InChI is InChI=1S/C14H28N2/c1-5-8-9-14(6-2)12-16(7-3)11-13(4)10-15/h13-14H,5-9,11-12H2,1-4H3. The van der Waals surface area contributed by atoms with Crippen LogP contribution in [0.15, 0.2) is 0 Å². The van der Waals surface area contributed by atoms with Gasteiger partial charge in [-0.3, -0.25) is 0 Å². The average Bonchev–Trinajstić information content (AvgIpc) is 2.32. The molecule has 0 aliphatic heterocycles. The van der Waals surface area contributed by atoms with Crippen LogP contribution in [0.3, 0.4) is 0 Å². The van der Waals surface area contributed by atoms with E-state index in [2.05, 4.69) is 31.7 Å². The molecule has 0 fully saturated rings. The van der Waals surface area contributed by atoms with Crippen molar-refractivity contribution < 1.29 is 0 Å². The number of hydrogen-bond donors (Lipinski definition) is 0. The van der Waals surface area contributed by atoms with E-state index < -0.39 is 0 Å². The molecule has 16 heavy (non-hydrogen) atoms. The molecule has 0 aromatic carbocycles. The van der Waals surface area contributed by atoms with Crippen molar-refractivity contribution in [3.8, 4) is 6.07 Å². The maximum Gasteiger partial charge on any atom is 0.0666 e. The van der Waals surface area contributed by atoms with Gasteiger partial charge in [0.15, 0.2) is 0 Å². The summed E-state index contributed by atoms with van der Waals surface area (Å²) >= 11 is 0. The van der Waals surface area contributed by atoms with E-state index in [1.165, 1.54) is 32.2 Å². The Morgan fingerprint density at radius 2 is 1.88 bits per heavy atom. The molecular formula is C14H28N2.